The molecule has 0 heterocycles. The predicted octanol–water partition coefficient (Wildman–Crippen LogP) is 3.76. The molecule has 0 amide bonds. The Labute approximate surface area is 84.4 Å². The van der Waals surface area contributed by atoms with Gasteiger partial charge in [-0.2, -0.15) is 0 Å². The van der Waals surface area contributed by atoms with Crippen molar-refractivity contribution in [2.45, 2.75) is 6.42 Å². The van der Waals surface area contributed by atoms with Crippen LogP contribution in [0.2, 0.25) is 0 Å². The van der Waals surface area contributed by atoms with E-state index in [0.29, 0.717) is 5.56 Å². The molecule has 70 valence electrons. The van der Waals surface area contributed by atoms with Crippen LogP contribution in [-0.2, 0) is 0 Å². The Balaban J connectivity index is 2.83. The fraction of sp³-hybridized carbons (Fsp3) is 0.200. The summed E-state index contributed by atoms with van der Waals surface area (Å²) in [6.07, 6.45) is 4.18. The SMILES string of the molecule is Fc1cccc(/C=C/CCBr)c1F. The molecule has 0 N–H and O–H groups in total. The number of benzene rings is 1. The van der Waals surface area contributed by atoms with E-state index in [9.17, 15) is 8.78 Å². The van der Waals surface area contributed by atoms with Crippen molar-refractivity contribution in [1.82, 2.24) is 0 Å². The van der Waals surface area contributed by atoms with Crippen molar-refractivity contribution in [1.29, 1.82) is 0 Å². The summed E-state index contributed by atoms with van der Waals surface area (Å²) in [5.41, 5.74) is 0.293. The smallest absolute Gasteiger partial charge is 0.166 e. The second-order valence-electron chi connectivity index (χ2n) is 2.52. The minimum atomic E-state index is -0.805. The van der Waals surface area contributed by atoms with E-state index in [2.05, 4.69) is 15.9 Å². The molecule has 3 heteroatoms. The van der Waals surface area contributed by atoms with Gasteiger partial charge >= 0.3 is 0 Å². The first-order valence-corrected chi connectivity index (χ1v) is 5.04. The van der Waals surface area contributed by atoms with Gasteiger partial charge in [0, 0.05) is 10.9 Å². The Kier molecular flexibility index (Phi) is 4.09. The summed E-state index contributed by atoms with van der Waals surface area (Å²) in [5.74, 6) is -1.59. The first-order valence-electron chi connectivity index (χ1n) is 3.92. The molecule has 1 aromatic rings. The number of allylic oxidation sites excluding steroid dienone is 1. The summed E-state index contributed by atoms with van der Waals surface area (Å²) in [6.45, 7) is 0. The average molecular weight is 247 g/mol. The van der Waals surface area contributed by atoms with E-state index >= 15 is 0 Å². The van der Waals surface area contributed by atoms with Crippen molar-refractivity contribution in [3.05, 3.63) is 41.5 Å². The maximum Gasteiger partial charge on any atom is 0.166 e. The zero-order chi connectivity index (χ0) is 9.68. The molecule has 0 aliphatic heterocycles. The quantitative estimate of drug-likeness (QED) is 0.713. The highest BCUT2D eigenvalue weighted by atomic mass is 79.9. The molecule has 13 heavy (non-hydrogen) atoms. The molecule has 0 aromatic heterocycles. The number of alkyl halides is 1. The minimum Gasteiger partial charge on any atom is -0.204 e. The van der Waals surface area contributed by atoms with Crippen molar-refractivity contribution < 1.29 is 8.78 Å². The fourth-order valence-corrected chi connectivity index (χ4v) is 1.19. The lowest BCUT2D eigenvalue weighted by Crippen LogP contribution is -1.86. The lowest BCUT2D eigenvalue weighted by molar-refractivity contribution is 0.507. The van der Waals surface area contributed by atoms with E-state index < -0.39 is 11.6 Å². The van der Waals surface area contributed by atoms with Crippen LogP contribution < -0.4 is 0 Å². The van der Waals surface area contributed by atoms with Gasteiger partial charge in [0.05, 0.1) is 0 Å². The van der Waals surface area contributed by atoms with Crippen LogP contribution in [0.25, 0.3) is 6.08 Å². The van der Waals surface area contributed by atoms with Gasteiger partial charge in [0.2, 0.25) is 0 Å². The average Bonchev–Trinajstić information content (AvgIpc) is 2.13. The predicted molar refractivity (Wildman–Crippen MR) is 53.8 cm³/mol. The van der Waals surface area contributed by atoms with E-state index in [1.54, 1.807) is 18.2 Å². The highest BCUT2D eigenvalue weighted by Crippen LogP contribution is 2.13. The van der Waals surface area contributed by atoms with E-state index in [4.69, 9.17) is 0 Å². The monoisotopic (exact) mass is 246 g/mol. The van der Waals surface area contributed by atoms with Crippen LogP contribution in [0.1, 0.15) is 12.0 Å². The number of halogens is 3. The summed E-state index contributed by atoms with van der Waals surface area (Å²) < 4.78 is 25.7. The molecule has 0 aliphatic carbocycles. The van der Waals surface area contributed by atoms with Crippen LogP contribution in [0.3, 0.4) is 0 Å². The summed E-state index contributed by atoms with van der Waals surface area (Å²) in [5, 5.41) is 0.820. The molecule has 0 aliphatic rings. The third kappa shape index (κ3) is 2.92. The Bertz CT molecular complexity index is 308. The molecule has 0 saturated heterocycles. The number of hydrogen-bond acceptors (Lipinski definition) is 0. The third-order valence-electron chi connectivity index (χ3n) is 1.55. The molecular weight excluding hydrogens is 238 g/mol. The zero-order valence-corrected chi connectivity index (χ0v) is 8.52. The standard InChI is InChI=1S/C10H9BrF2/c11-7-2-1-4-8-5-3-6-9(12)10(8)13/h1,3-6H,2,7H2/b4-1+. The molecule has 0 spiro atoms. The van der Waals surface area contributed by atoms with Crippen LogP contribution in [0.5, 0.6) is 0 Å². The Morgan fingerprint density at radius 2 is 2.08 bits per heavy atom. The second kappa shape index (κ2) is 5.12. The molecule has 0 nitrogen and oxygen atoms in total. The van der Waals surface area contributed by atoms with Crippen LogP contribution in [-0.4, -0.2) is 5.33 Å². The molecule has 0 unspecified atom stereocenters. The summed E-state index contributed by atoms with van der Waals surface area (Å²) in [4.78, 5) is 0. The summed E-state index contributed by atoms with van der Waals surface area (Å²) in [6, 6.07) is 4.15. The Hall–Kier alpha value is -0.700. The van der Waals surface area contributed by atoms with E-state index in [1.165, 1.54) is 6.07 Å². The van der Waals surface area contributed by atoms with Crippen molar-refractivity contribution >= 4 is 22.0 Å². The molecular formula is C10H9BrF2. The van der Waals surface area contributed by atoms with Gasteiger partial charge in [-0.25, -0.2) is 8.78 Å². The fourth-order valence-electron chi connectivity index (χ4n) is 0.922. The van der Waals surface area contributed by atoms with Gasteiger partial charge in [-0.05, 0) is 12.5 Å². The molecule has 0 atom stereocenters. The largest absolute Gasteiger partial charge is 0.204 e. The van der Waals surface area contributed by atoms with Crippen LogP contribution in [0.15, 0.2) is 24.3 Å². The Morgan fingerprint density at radius 3 is 2.77 bits per heavy atom. The van der Waals surface area contributed by atoms with Gasteiger partial charge in [0.1, 0.15) is 0 Å². The van der Waals surface area contributed by atoms with Gasteiger partial charge in [0.15, 0.2) is 11.6 Å². The normalized spacial score (nSPS) is 11.0. The lowest BCUT2D eigenvalue weighted by Gasteiger charge is -1.96. The maximum absolute atomic E-state index is 13.0. The molecule has 0 fully saturated rings. The van der Waals surface area contributed by atoms with E-state index in [1.807, 2.05) is 0 Å². The zero-order valence-electron chi connectivity index (χ0n) is 6.93. The number of rotatable bonds is 3. The minimum absolute atomic E-state index is 0.293. The molecule has 1 rings (SSSR count). The van der Waals surface area contributed by atoms with Gasteiger partial charge in [-0.3, -0.25) is 0 Å². The van der Waals surface area contributed by atoms with Crippen LogP contribution >= 0.6 is 15.9 Å². The number of hydrogen-bond donors (Lipinski definition) is 0. The molecule has 1 aromatic carbocycles. The topological polar surface area (TPSA) is 0 Å². The highest BCUT2D eigenvalue weighted by molar-refractivity contribution is 9.09. The van der Waals surface area contributed by atoms with Crippen molar-refractivity contribution in [3.63, 3.8) is 0 Å². The second-order valence-corrected chi connectivity index (χ2v) is 3.32. The van der Waals surface area contributed by atoms with Crippen molar-refractivity contribution in [2.75, 3.05) is 5.33 Å². The first-order chi connectivity index (χ1) is 6.25. The Morgan fingerprint density at radius 1 is 1.31 bits per heavy atom. The van der Waals surface area contributed by atoms with Gasteiger partial charge in [0.25, 0.3) is 0 Å². The maximum atomic E-state index is 13.0. The summed E-state index contributed by atoms with van der Waals surface area (Å²) in [7, 11) is 0. The molecule has 0 saturated carbocycles. The lowest BCUT2D eigenvalue weighted by atomic mass is 10.2. The van der Waals surface area contributed by atoms with E-state index in [0.717, 1.165) is 17.8 Å². The third-order valence-corrected chi connectivity index (χ3v) is 2.01. The first kappa shape index (κ1) is 10.4. The van der Waals surface area contributed by atoms with Crippen molar-refractivity contribution in [3.8, 4) is 0 Å². The molecule has 0 radical (unpaired) electrons. The van der Waals surface area contributed by atoms with Gasteiger partial charge in [-0.15, -0.1) is 0 Å². The van der Waals surface area contributed by atoms with Crippen molar-refractivity contribution in [2.24, 2.45) is 0 Å². The van der Waals surface area contributed by atoms with Crippen LogP contribution in [0, 0.1) is 11.6 Å². The molecule has 0 bridgehead atoms. The van der Waals surface area contributed by atoms with Gasteiger partial charge in [-0.1, -0.05) is 40.2 Å². The highest BCUT2D eigenvalue weighted by Gasteiger charge is 2.03. The van der Waals surface area contributed by atoms with Gasteiger partial charge < -0.3 is 0 Å². The van der Waals surface area contributed by atoms with E-state index in [-0.39, 0.29) is 0 Å². The summed E-state index contributed by atoms with van der Waals surface area (Å²) >= 11 is 3.24. The van der Waals surface area contributed by atoms with Crippen LogP contribution in [0.4, 0.5) is 8.78 Å².